The summed E-state index contributed by atoms with van der Waals surface area (Å²) in [6.45, 7) is 4.43. The van der Waals surface area contributed by atoms with Crippen molar-refractivity contribution < 1.29 is 4.79 Å². The molecule has 1 aromatic heterocycles. The zero-order chi connectivity index (χ0) is 12.4. The summed E-state index contributed by atoms with van der Waals surface area (Å²) in [5.41, 5.74) is 1.12. The van der Waals surface area contributed by atoms with E-state index in [0.717, 1.165) is 36.5 Å². The van der Waals surface area contributed by atoms with Crippen LogP contribution in [0.5, 0.6) is 0 Å². The van der Waals surface area contributed by atoms with Crippen molar-refractivity contribution in [3.63, 3.8) is 0 Å². The lowest BCUT2D eigenvalue weighted by Crippen LogP contribution is -2.54. The van der Waals surface area contributed by atoms with Crippen LogP contribution in [0, 0.1) is 0 Å². The minimum atomic E-state index is -0.0163. The van der Waals surface area contributed by atoms with Crippen LogP contribution in [-0.2, 0) is 18.4 Å². The molecule has 1 saturated heterocycles. The van der Waals surface area contributed by atoms with Crippen molar-refractivity contribution in [2.75, 3.05) is 13.1 Å². The summed E-state index contributed by atoms with van der Waals surface area (Å²) in [7, 11) is 1.97. The smallest absolute Gasteiger partial charge is 0.237 e. The van der Waals surface area contributed by atoms with Gasteiger partial charge in [-0.25, -0.2) is 4.98 Å². The van der Waals surface area contributed by atoms with Crippen molar-refractivity contribution in [1.82, 2.24) is 19.8 Å². The number of piperazine rings is 1. The van der Waals surface area contributed by atoms with Gasteiger partial charge in [-0.05, 0) is 22.4 Å². The van der Waals surface area contributed by atoms with Crippen molar-refractivity contribution in [3.05, 3.63) is 16.6 Å². The topological polar surface area (TPSA) is 50.2 Å². The molecule has 1 atom stereocenters. The van der Waals surface area contributed by atoms with Gasteiger partial charge in [0.1, 0.15) is 0 Å². The van der Waals surface area contributed by atoms with Crippen LogP contribution in [-0.4, -0.2) is 39.5 Å². The monoisotopic (exact) mass is 300 g/mol. The molecule has 5 nitrogen and oxygen atoms in total. The Kier molecular flexibility index (Phi) is 3.83. The Hall–Kier alpha value is -0.880. The van der Waals surface area contributed by atoms with Gasteiger partial charge >= 0.3 is 0 Å². The van der Waals surface area contributed by atoms with Crippen LogP contribution in [0.2, 0.25) is 0 Å². The van der Waals surface area contributed by atoms with Gasteiger partial charge in [-0.1, -0.05) is 6.92 Å². The molecule has 2 rings (SSSR count). The molecular formula is C11H17BrN4O. The van der Waals surface area contributed by atoms with Crippen molar-refractivity contribution in [2.45, 2.75) is 25.9 Å². The molecule has 1 aliphatic rings. The van der Waals surface area contributed by atoms with Gasteiger partial charge in [0.2, 0.25) is 5.91 Å². The van der Waals surface area contributed by atoms with Crippen LogP contribution in [0.1, 0.15) is 19.0 Å². The van der Waals surface area contributed by atoms with Crippen molar-refractivity contribution >= 4 is 21.8 Å². The molecule has 0 saturated carbocycles. The van der Waals surface area contributed by atoms with E-state index < -0.39 is 0 Å². The molecule has 94 valence electrons. The van der Waals surface area contributed by atoms with Gasteiger partial charge in [0.25, 0.3) is 0 Å². The lowest BCUT2D eigenvalue weighted by atomic mass is 10.1. The number of hydrogen-bond acceptors (Lipinski definition) is 3. The number of carbonyl (C=O) groups excluding carboxylic acids is 1. The quantitative estimate of drug-likeness (QED) is 0.902. The fourth-order valence-corrected chi connectivity index (χ4v) is 2.50. The Bertz CT molecular complexity index is 418. The van der Waals surface area contributed by atoms with Crippen molar-refractivity contribution in [2.24, 2.45) is 7.05 Å². The van der Waals surface area contributed by atoms with E-state index in [-0.39, 0.29) is 11.9 Å². The number of nitrogens with one attached hydrogen (secondary N) is 1. The van der Waals surface area contributed by atoms with Gasteiger partial charge in [-0.2, -0.15) is 0 Å². The number of hydrogen-bond donors (Lipinski definition) is 1. The second kappa shape index (κ2) is 5.18. The molecule has 1 fully saturated rings. The predicted molar refractivity (Wildman–Crippen MR) is 68.4 cm³/mol. The highest BCUT2D eigenvalue weighted by Gasteiger charge is 2.28. The van der Waals surface area contributed by atoms with E-state index in [4.69, 9.17) is 0 Å². The number of rotatable bonds is 3. The number of halogens is 1. The molecule has 6 heteroatoms. The summed E-state index contributed by atoms with van der Waals surface area (Å²) >= 11 is 3.38. The van der Waals surface area contributed by atoms with Crippen LogP contribution >= 0.6 is 15.9 Å². The zero-order valence-electron chi connectivity index (χ0n) is 10.1. The van der Waals surface area contributed by atoms with Crippen LogP contribution in [0.3, 0.4) is 0 Å². The SMILES string of the molecule is CCC1C(=O)NCCN1Cc1cnc(Br)n1C. The lowest BCUT2D eigenvalue weighted by Gasteiger charge is -2.34. The van der Waals surface area contributed by atoms with E-state index >= 15 is 0 Å². The van der Waals surface area contributed by atoms with Gasteiger partial charge in [0.05, 0.1) is 17.9 Å². The van der Waals surface area contributed by atoms with Gasteiger partial charge in [0, 0.05) is 26.7 Å². The Morgan fingerprint density at radius 1 is 1.65 bits per heavy atom. The van der Waals surface area contributed by atoms with Crippen LogP contribution in [0.15, 0.2) is 10.9 Å². The summed E-state index contributed by atoms with van der Waals surface area (Å²) < 4.78 is 2.82. The lowest BCUT2D eigenvalue weighted by molar-refractivity contribution is -0.129. The first kappa shape index (κ1) is 12.6. The van der Waals surface area contributed by atoms with Gasteiger partial charge in [0.15, 0.2) is 4.73 Å². The number of aromatic nitrogens is 2. The Morgan fingerprint density at radius 2 is 2.41 bits per heavy atom. The summed E-state index contributed by atoms with van der Waals surface area (Å²) in [6, 6.07) is -0.0163. The molecule has 0 radical (unpaired) electrons. The molecule has 1 N–H and O–H groups in total. The third-order valence-electron chi connectivity index (χ3n) is 3.22. The first-order chi connectivity index (χ1) is 8.13. The summed E-state index contributed by atoms with van der Waals surface area (Å²) in [5, 5.41) is 2.91. The molecule has 1 aromatic rings. The van der Waals surface area contributed by atoms with E-state index in [1.807, 2.05) is 24.7 Å². The van der Waals surface area contributed by atoms with Crippen LogP contribution < -0.4 is 5.32 Å². The van der Waals surface area contributed by atoms with Gasteiger partial charge in [-0.15, -0.1) is 0 Å². The Balaban J connectivity index is 2.11. The summed E-state index contributed by atoms with van der Waals surface area (Å²) in [4.78, 5) is 18.1. The highest BCUT2D eigenvalue weighted by molar-refractivity contribution is 9.10. The predicted octanol–water partition coefficient (Wildman–Crippen LogP) is 0.893. The maximum Gasteiger partial charge on any atom is 0.237 e. The molecular weight excluding hydrogens is 284 g/mol. The molecule has 1 amide bonds. The van der Waals surface area contributed by atoms with E-state index in [2.05, 4.69) is 31.1 Å². The largest absolute Gasteiger partial charge is 0.353 e. The van der Waals surface area contributed by atoms with Crippen LogP contribution in [0.25, 0.3) is 0 Å². The molecule has 1 unspecified atom stereocenters. The normalized spacial score (nSPS) is 21.6. The number of nitrogens with zero attached hydrogens (tertiary/aromatic N) is 3. The molecule has 0 aromatic carbocycles. The Morgan fingerprint density at radius 3 is 3.00 bits per heavy atom. The standard InChI is InChI=1S/C11H17BrN4O/c1-3-9-10(17)13-4-5-16(9)7-8-6-14-11(12)15(8)2/h6,9H,3-5,7H2,1-2H3,(H,13,17). The summed E-state index contributed by atoms with van der Waals surface area (Å²) in [5.74, 6) is 0.139. The molecule has 1 aliphatic heterocycles. The molecule has 2 heterocycles. The van der Waals surface area contributed by atoms with E-state index in [0.29, 0.717) is 0 Å². The van der Waals surface area contributed by atoms with Gasteiger partial charge in [-0.3, -0.25) is 9.69 Å². The maximum atomic E-state index is 11.7. The number of amides is 1. The van der Waals surface area contributed by atoms with E-state index in [1.165, 1.54) is 0 Å². The van der Waals surface area contributed by atoms with E-state index in [9.17, 15) is 4.79 Å². The molecule has 0 bridgehead atoms. The summed E-state index contributed by atoms with van der Waals surface area (Å²) in [6.07, 6.45) is 2.69. The fraction of sp³-hybridized carbons (Fsp3) is 0.636. The second-order valence-corrected chi connectivity index (χ2v) is 4.97. The zero-order valence-corrected chi connectivity index (χ0v) is 11.7. The number of carbonyl (C=O) groups is 1. The Labute approximate surface area is 109 Å². The first-order valence-electron chi connectivity index (χ1n) is 5.81. The van der Waals surface area contributed by atoms with Crippen molar-refractivity contribution in [1.29, 1.82) is 0 Å². The molecule has 0 aliphatic carbocycles. The molecule has 0 spiro atoms. The minimum absolute atomic E-state index is 0.0163. The fourth-order valence-electron chi connectivity index (χ4n) is 2.17. The van der Waals surface area contributed by atoms with Crippen LogP contribution in [0.4, 0.5) is 0 Å². The second-order valence-electron chi connectivity index (χ2n) is 4.26. The van der Waals surface area contributed by atoms with E-state index in [1.54, 1.807) is 0 Å². The number of imidazole rings is 1. The average molecular weight is 301 g/mol. The third-order valence-corrected chi connectivity index (χ3v) is 3.96. The average Bonchev–Trinajstić information content (AvgIpc) is 2.61. The highest BCUT2D eigenvalue weighted by Crippen LogP contribution is 2.15. The minimum Gasteiger partial charge on any atom is -0.353 e. The molecule has 17 heavy (non-hydrogen) atoms. The first-order valence-corrected chi connectivity index (χ1v) is 6.60. The highest BCUT2D eigenvalue weighted by atomic mass is 79.9. The van der Waals surface area contributed by atoms with Crippen molar-refractivity contribution in [3.8, 4) is 0 Å². The maximum absolute atomic E-state index is 11.7. The van der Waals surface area contributed by atoms with Gasteiger partial charge < -0.3 is 9.88 Å². The third kappa shape index (κ3) is 2.52.